The Kier molecular flexibility index (Phi) is 9.40. The second-order valence-corrected chi connectivity index (χ2v) is 13.2. The molecule has 7 nitrogen and oxygen atoms in total. The van der Waals surface area contributed by atoms with Crippen molar-refractivity contribution in [3.05, 3.63) is 213 Å². The molecule has 0 saturated heterocycles. The molecule has 9 heteroatoms. The number of carbonyl (C=O) groups is 3. The minimum atomic E-state index is -0.476. The summed E-state index contributed by atoms with van der Waals surface area (Å²) in [5, 5.41) is 0.912. The van der Waals surface area contributed by atoms with E-state index >= 15 is 0 Å². The maximum absolute atomic E-state index is 14.8. The monoisotopic (exact) mass is 742 g/mol. The highest BCUT2D eigenvalue weighted by molar-refractivity contribution is 6.39. The molecule has 260 valence electrons. The number of nitrogens with zero attached hydrogens (tertiary/aromatic N) is 4. The average molecular weight is 744 g/mol. The standard InChI is InChI=1S/C45H28Cl2N4O3/c46-35-22-12-10-20-32(35)26-37-44(53)50(42(48-37)30-16-6-2-7-17-30)39-25-24-34(41(52)29-14-4-1-5-15-29)28-40(39)51-43(31-18-8-3-9-19-31)49-38(45(51)54)27-33-21-11-13-23-36(33)47/h1-28H. The van der Waals surface area contributed by atoms with Gasteiger partial charge in [0, 0.05) is 32.3 Å². The number of hydrogen-bond acceptors (Lipinski definition) is 5. The molecule has 0 aromatic heterocycles. The number of carbonyl (C=O) groups excluding carboxylic acids is 3. The Morgan fingerprint density at radius 1 is 0.481 bits per heavy atom. The van der Waals surface area contributed by atoms with Crippen LogP contribution in [0.25, 0.3) is 12.2 Å². The minimum absolute atomic E-state index is 0.122. The molecule has 0 N–H and O–H groups in total. The quantitative estimate of drug-likeness (QED) is 0.115. The number of halogens is 2. The molecule has 0 radical (unpaired) electrons. The molecule has 2 aliphatic heterocycles. The maximum Gasteiger partial charge on any atom is 0.282 e. The molecule has 0 bridgehead atoms. The molecule has 54 heavy (non-hydrogen) atoms. The van der Waals surface area contributed by atoms with Gasteiger partial charge < -0.3 is 0 Å². The molecule has 0 aliphatic carbocycles. The van der Waals surface area contributed by atoms with Crippen molar-refractivity contribution in [2.24, 2.45) is 9.98 Å². The van der Waals surface area contributed by atoms with Gasteiger partial charge in [-0.1, -0.05) is 151 Å². The van der Waals surface area contributed by atoms with Gasteiger partial charge in [-0.25, -0.2) is 9.98 Å². The number of hydrogen-bond donors (Lipinski definition) is 0. The second-order valence-electron chi connectivity index (χ2n) is 12.4. The first kappa shape index (κ1) is 34.4. The van der Waals surface area contributed by atoms with Crippen LogP contribution in [0.1, 0.15) is 38.2 Å². The molecule has 0 atom stereocenters. The fourth-order valence-electron chi connectivity index (χ4n) is 6.31. The lowest BCUT2D eigenvalue weighted by Gasteiger charge is -2.27. The first-order chi connectivity index (χ1) is 26.4. The molecular formula is C45H28Cl2N4O3. The average Bonchev–Trinajstić information content (AvgIpc) is 3.71. The van der Waals surface area contributed by atoms with Crippen LogP contribution in [-0.2, 0) is 9.59 Å². The molecule has 0 saturated carbocycles. The van der Waals surface area contributed by atoms with Gasteiger partial charge in [-0.05, 0) is 53.6 Å². The van der Waals surface area contributed by atoms with Crippen LogP contribution in [-0.4, -0.2) is 29.3 Å². The van der Waals surface area contributed by atoms with Gasteiger partial charge in [-0.3, -0.25) is 24.2 Å². The van der Waals surface area contributed by atoms with Gasteiger partial charge in [0.15, 0.2) is 5.78 Å². The largest absolute Gasteiger partial charge is 0.289 e. The Hall–Kier alpha value is -6.67. The molecule has 8 rings (SSSR count). The van der Waals surface area contributed by atoms with Crippen molar-refractivity contribution in [3.8, 4) is 0 Å². The normalized spacial score (nSPS) is 15.6. The van der Waals surface area contributed by atoms with E-state index in [0.717, 1.165) is 0 Å². The third kappa shape index (κ3) is 6.58. The van der Waals surface area contributed by atoms with Crippen LogP contribution in [0.2, 0.25) is 10.0 Å². The molecule has 2 amide bonds. The third-order valence-electron chi connectivity index (χ3n) is 8.93. The number of aliphatic imine (C=N–C) groups is 2. The van der Waals surface area contributed by atoms with Crippen molar-refractivity contribution in [3.63, 3.8) is 0 Å². The first-order valence-corrected chi connectivity index (χ1v) is 17.8. The molecule has 2 heterocycles. The Labute approximate surface area is 321 Å². The summed E-state index contributed by atoms with van der Waals surface area (Å²) in [6.45, 7) is 0. The predicted molar refractivity (Wildman–Crippen MR) is 216 cm³/mol. The lowest BCUT2D eigenvalue weighted by Crippen LogP contribution is -2.38. The number of rotatable bonds is 8. The fourth-order valence-corrected chi connectivity index (χ4v) is 6.69. The molecule has 2 aliphatic rings. The van der Waals surface area contributed by atoms with E-state index in [1.807, 2.05) is 84.9 Å². The molecule has 0 spiro atoms. The molecule has 6 aromatic carbocycles. The van der Waals surface area contributed by atoms with Gasteiger partial charge in [0.2, 0.25) is 0 Å². The zero-order valence-electron chi connectivity index (χ0n) is 28.4. The number of ketones is 1. The molecule has 0 unspecified atom stereocenters. The molecule has 6 aromatic rings. The predicted octanol–water partition coefficient (Wildman–Crippen LogP) is 9.89. The summed E-state index contributed by atoms with van der Waals surface area (Å²) in [6, 6.07) is 46.7. The topological polar surface area (TPSA) is 82.4 Å². The number of benzene rings is 6. The lowest BCUT2D eigenvalue weighted by molar-refractivity contribution is -0.114. The van der Waals surface area contributed by atoms with E-state index in [0.29, 0.717) is 60.8 Å². The van der Waals surface area contributed by atoms with Crippen LogP contribution < -0.4 is 9.80 Å². The van der Waals surface area contributed by atoms with Crippen LogP contribution in [0.15, 0.2) is 179 Å². The summed E-state index contributed by atoms with van der Waals surface area (Å²) < 4.78 is 0. The summed E-state index contributed by atoms with van der Waals surface area (Å²) in [5.74, 6) is -0.547. The van der Waals surface area contributed by atoms with Crippen LogP contribution in [0.3, 0.4) is 0 Å². The minimum Gasteiger partial charge on any atom is -0.289 e. The summed E-state index contributed by atoms with van der Waals surface area (Å²) in [4.78, 5) is 56.0. The van der Waals surface area contributed by atoms with E-state index in [-0.39, 0.29) is 22.9 Å². The Balaban J connectivity index is 1.35. The van der Waals surface area contributed by atoms with Crippen molar-refractivity contribution in [1.29, 1.82) is 0 Å². The summed E-state index contributed by atoms with van der Waals surface area (Å²) in [6.07, 6.45) is 3.28. The van der Waals surface area contributed by atoms with Crippen LogP contribution in [0.5, 0.6) is 0 Å². The van der Waals surface area contributed by atoms with Crippen molar-refractivity contribution < 1.29 is 14.4 Å². The third-order valence-corrected chi connectivity index (χ3v) is 9.62. The van der Waals surface area contributed by atoms with E-state index < -0.39 is 11.8 Å². The van der Waals surface area contributed by atoms with Crippen molar-refractivity contribution >= 4 is 76.0 Å². The van der Waals surface area contributed by atoms with Gasteiger partial charge in [0.05, 0.1) is 11.4 Å². The summed E-state index contributed by atoms with van der Waals surface area (Å²) in [5.41, 5.74) is 4.13. The summed E-state index contributed by atoms with van der Waals surface area (Å²) >= 11 is 13.0. The molecular weight excluding hydrogens is 715 g/mol. The number of anilines is 2. The van der Waals surface area contributed by atoms with Gasteiger partial charge in [-0.15, -0.1) is 0 Å². The van der Waals surface area contributed by atoms with Gasteiger partial charge in [-0.2, -0.15) is 0 Å². The van der Waals surface area contributed by atoms with Crippen LogP contribution in [0.4, 0.5) is 11.4 Å². The zero-order valence-corrected chi connectivity index (χ0v) is 29.9. The van der Waals surface area contributed by atoms with Crippen molar-refractivity contribution in [2.45, 2.75) is 0 Å². The van der Waals surface area contributed by atoms with Gasteiger partial charge in [0.1, 0.15) is 23.1 Å². The maximum atomic E-state index is 14.8. The SMILES string of the molecule is O=C(c1ccccc1)c1ccc(N2C(=O)C(=Cc3ccccc3Cl)N=C2c2ccccc2)c(N2C(=O)C(=Cc3ccccc3Cl)N=C2c2ccccc2)c1. The smallest absolute Gasteiger partial charge is 0.282 e. The Bertz CT molecular complexity index is 2580. The number of amides is 2. The van der Waals surface area contributed by atoms with E-state index in [4.69, 9.17) is 33.2 Å². The van der Waals surface area contributed by atoms with Crippen LogP contribution in [0, 0.1) is 0 Å². The van der Waals surface area contributed by atoms with Crippen LogP contribution >= 0.6 is 23.2 Å². The van der Waals surface area contributed by atoms with E-state index in [1.165, 1.54) is 9.80 Å². The van der Waals surface area contributed by atoms with Crippen molar-refractivity contribution in [2.75, 3.05) is 9.80 Å². The highest BCUT2D eigenvalue weighted by Gasteiger charge is 2.40. The van der Waals surface area contributed by atoms with Gasteiger partial charge in [0.25, 0.3) is 11.8 Å². The highest BCUT2D eigenvalue weighted by Crippen LogP contribution is 2.40. The lowest BCUT2D eigenvalue weighted by atomic mass is 10.0. The zero-order chi connectivity index (χ0) is 37.2. The second kappa shape index (κ2) is 14.8. The first-order valence-electron chi connectivity index (χ1n) is 17.0. The Morgan fingerprint density at radius 3 is 1.39 bits per heavy atom. The van der Waals surface area contributed by atoms with E-state index in [2.05, 4.69) is 0 Å². The highest BCUT2D eigenvalue weighted by atomic mass is 35.5. The van der Waals surface area contributed by atoms with Crippen molar-refractivity contribution in [1.82, 2.24) is 0 Å². The Morgan fingerprint density at radius 2 is 0.907 bits per heavy atom. The number of amidine groups is 2. The summed E-state index contributed by atoms with van der Waals surface area (Å²) in [7, 11) is 0. The van der Waals surface area contributed by atoms with Gasteiger partial charge >= 0.3 is 0 Å². The molecule has 0 fully saturated rings. The fraction of sp³-hybridized carbons (Fsp3) is 0. The van der Waals surface area contributed by atoms with E-state index in [1.54, 1.807) is 84.9 Å². The van der Waals surface area contributed by atoms with E-state index in [9.17, 15) is 14.4 Å².